The normalized spacial score (nSPS) is 17.8. The van der Waals surface area contributed by atoms with Gasteiger partial charge in [-0.25, -0.2) is 13.1 Å². The molecule has 0 amide bonds. The third kappa shape index (κ3) is 4.69. The predicted octanol–water partition coefficient (Wildman–Crippen LogP) is 1.74. The lowest BCUT2D eigenvalue weighted by molar-refractivity contribution is 0.199. The number of likely N-dealkylation sites (tertiary alicyclic amines) is 1. The van der Waals surface area contributed by atoms with E-state index < -0.39 is 10.0 Å². The van der Waals surface area contributed by atoms with Gasteiger partial charge in [-0.2, -0.15) is 0 Å². The van der Waals surface area contributed by atoms with Crippen LogP contribution in [0, 0.1) is 5.92 Å². The lowest BCUT2D eigenvalue weighted by atomic mass is 9.99. The van der Waals surface area contributed by atoms with Crippen molar-refractivity contribution in [2.75, 3.05) is 38.5 Å². The zero-order chi connectivity index (χ0) is 15.3. The molecule has 1 fully saturated rings. The van der Waals surface area contributed by atoms with E-state index in [-0.39, 0.29) is 0 Å². The Morgan fingerprint density at radius 3 is 2.38 bits per heavy atom. The van der Waals surface area contributed by atoms with Gasteiger partial charge in [0.15, 0.2) is 0 Å². The SMILES string of the molecule is CNS(=O)(=O)c1ccc(NCCN2CCC(C)CC2)cc1. The number of anilines is 1. The van der Waals surface area contributed by atoms with Crippen LogP contribution in [0.5, 0.6) is 0 Å². The third-order valence-electron chi connectivity index (χ3n) is 4.07. The summed E-state index contributed by atoms with van der Waals surface area (Å²) in [4.78, 5) is 2.77. The number of sulfonamides is 1. The Bertz CT molecular complexity index is 535. The predicted molar refractivity (Wildman–Crippen MR) is 86.0 cm³/mol. The van der Waals surface area contributed by atoms with Crippen LogP contribution in [0.1, 0.15) is 19.8 Å². The third-order valence-corrected chi connectivity index (χ3v) is 5.50. The van der Waals surface area contributed by atoms with Crippen LogP contribution in [0.2, 0.25) is 0 Å². The maximum absolute atomic E-state index is 11.6. The molecule has 118 valence electrons. The van der Waals surface area contributed by atoms with E-state index in [0.29, 0.717) is 4.90 Å². The molecule has 0 spiro atoms. The van der Waals surface area contributed by atoms with Gasteiger partial charge in [0.1, 0.15) is 0 Å². The number of benzene rings is 1. The Kier molecular flexibility index (Phi) is 5.61. The lowest BCUT2D eigenvalue weighted by Gasteiger charge is -2.30. The molecule has 1 aromatic carbocycles. The van der Waals surface area contributed by atoms with Gasteiger partial charge in [-0.05, 0) is 63.2 Å². The van der Waals surface area contributed by atoms with Gasteiger partial charge < -0.3 is 10.2 Å². The molecule has 1 aromatic rings. The van der Waals surface area contributed by atoms with Crippen molar-refractivity contribution < 1.29 is 8.42 Å². The Morgan fingerprint density at radius 2 is 1.81 bits per heavy atom. The average molecular weight is 311 g/mol. The summed E-state index contributed by atoms with van der Waals surface area (Å²) in [7, 11) is -1.93. The van der Waals surface area contributed by atoms with Crippen molar-refractivity contribution >= 4 is 15.7 Å². The molecule has 0 atom stereocenters. The summed E-state index contributed by atoms with van der Waals surface area (Å²) in [6.45, 7) is 6.59. The average Bonchev–Trinajstić information content (AvgIpc) is 2.50. The van der Waals surface area contributed by atoms with Crippen LogP contribution in [0.3, 0.4) is 0 Å². The summed E-state index contributed by atoms with van der Waals surface area (Å²) < 4.78 is 25.6. The summed E-state index contributed by atoms with van der Waals surface area (Å²) in [6.07, 6.45) is 2.58. The number of nitrogens with one attached hydrogen (secondary N) is 2. The number of rotatable bonds is 6. The molecule has 0 aliphatic carbocycles. The number of hydrogen-bond acceptors (Lipinski definition) is 4. The van der Waals surface area contributed by atoms with E-state index >= 15 is 0 Å². The van der Waals surface area contributed by atoms with E-state index in [1.54, 1.807) is 12.1 Å². The Morgan fingerprint density at radius 1 is 1.19 bits per heavy atom. The van der Waals surface area contributed by atoms with Crippen LogP contribution >= 0.6 is 0 Å². The van der Waals surface area contributed by atoms with E-state index in [2.05, 4.69) is 21.9 Å². The van der Waals surface area contributed by atoms with Crippen molar-refractivity contribution in [1.82, 2.24) is 9.62 Å². The quantitative estimate of drug-likeness (QED) is 0.840. The highest BCUT2D eigenvalue weighted by Crippen LogP contribution is 2.16. The van der Waals surface area contributed by atoms with Crippen LogP contribution in [0.15, 0.2) is 29.2 Å². The topological polar surface area (TPSA) is 61.4 Å². The molecule has 0 saturated carbocycles. The molecule has 0 unspecified atom stereocenters. The van der Waals surface area contributed by atoms with Crippen LogP contribution in [0.4, 0.5) is 5.69 Å². The first-order chi connectivity index (χ1) is 10.0. The first-order valence-electron chi connectivity index (χ1n) is 7.51. The highest BCUT2D eigenvalue weighted by Gasteiger charge is 2.15. The van der Waals surface area contributed by atoms with E-state index in [1.165, 1.54) is 33.0 Å². The number of nitrogens with zero attached hydrogens (tertiary/aromatic N) is 1. The fourth-order valence-corrected chi connectivity index (χ4v) is 3.24. The standard InChI is InChI=1S/C15H25N3O2S/c1-13-7-10-18(11-8-13)12-9-17-14-3-5-15(6-4-14)21(19,20)16-2/h3-6,13,16-17H,7-12H2,1-2H3. The fourth-order valence-electron chi connectivity index (χ4n) is 2.51. The summed E-state index contributed by atoms with van der Waals surface area (Å²) in [5.41, 5.74) is 0.954. The molecule has 0 bridgehead atoms. The lowest BCUT2D eigenvalue weighted by Crippen LogP contribution is -2.36. The zero-order valence-corrected chi connectivity index (χ0v) is 13.6. The van der Waals surface area contributed by atoms with Crippen LogP contribution < -0.4 is 10.0 Å². The first-order valence-corrected chi connectivity index (χ1v) is 8.99. The van der Waals surface area contributed by atoms with Gasteiger partial charge in [0.05, 0.1) is 4.90 Å². The summed E-state index contributed by atoms with van der Waals surface area (Å²) >= 11 is 0. The van der Waals surface area contributed by atoms with Crippen LogP contribution in [-0.4, -0.2) is 46.5 Å². The van der Waals surface area contributed by atoms with Gasteiger partial charge in [-0.3, -0.25) is 0 Å². The molecule has 1 aliphatic rings. The van der Waals surface area contributed by atoms with Gasteiger partial charge in [0.2, 0.25) is 10.0 Å². The fraction of sp³-hybridized carbons (Fsp3) is 0.600. The maximum atomic E-state index is 11.6. The second-order valence-corrected chi connectivity index (χ2v) is 7.57. The van der Waals surface area contributed by atoms with Gasteiger partial charge in [-0.1, -0.05) is 6.92 Å². The highest BCUT2D eigenvalue weighted by atomic mass is 32.2. The molecule has 2 rings (SSSR count). The number of hydrogen-bond donors (Lipinski definition) is 2. The molecule has 0 aromatic heterocycles. The minimum atomic E-state index is -3.34. The largest absolute Gasteiger partial charge is 0.384 e. The molecule has 6 heteroatoms. The summed E-state index contributed by atoms with van der Waals surface area (Å²) in [5.74, 6) is 0.857. The summed E-state index contributed by atoms with van der Waals surface area (Å²) in [5, 5.41) is 3.34. The number of piperidine rings is 1. The Hall–Kier alpha value is -1.11. The minimum absolute atomic E-state index is 0.292. The molecular formula is C15H25N3O2S. The van der Waals surface area contributed by atoms with E-state index in [4.69, 9.17) is 0 Å². The second-order valence-electron chi connectivity index (χ2n) is 5.68. The van der Waals surface area contributed by atoms with Crippen molar-refractivity contribution in [2.45, 2.75) is 24.7 Å². The van der Waals surface area contributed by atoms with Crippen molar-refractivity contribution in [3.63, 3.8) is 0 Å². The molecule has 2 N–H and O–H groups in total. The molecule has 21 heavy (non-hydrogen) atoms. The minimum Gasteiger partial charge on any atom is -0.384 e. The second kappa shape index (κ2) is 7.24. The summed E-state index contributed by atoms with van der Waals surface area (Å²) in [6, 6.07) is 6.86. The van der Waals surface area contributed by atoms with Crippen LogP contribution in [-0.2, 0) is 10.0 Å². The highest BCUT2D eigenvalue weighted by molar-refractivity contribution is 7.89. The van der Waals surface area contributed by atoms with E-state index in [0.717, 1.165) is 24.7 Å². The monoisotopic (exact) mass is 311 g/mol. The van der Waals surface area contributed by atoms with Gasteiger partial charge in [0, 0.05) is 18.8 Å². The van der Waals surface area contributed by atoms with Gasteiger partial charge in [0.25, 0.3) is 0 Å². The van der Waals surface area contributed by atoms with E-state index in [1.807, 2.05) is 12.1 Å². The Balaban J connectivity index is 1.79. The molecule has 5 nitrogen and oxygen atoms in total. The molecule has 1 heterocycles. The van der Waals surface area contributed by atoms with Crippen molar-refractivity contribution in [3.8, 4) is 0 Å². The van der Waals surface area contributed by atoms with Crippen molar-refractivity contribution in [2.24, 2.45) is 5.92 Å². The molecule has 1 saturated heterocycles. The van der Waals surface area contributed by atoms with Crippen molar-refractivity contribution in [3.05, 3.63) is 24.3 Å². The maximum Gasteiger partial charge on any atom is 0.240 e. The Labute approximate surface area is 127 Å². The molecule has 0 radical (unpaired) electrons. The van der Waals surface area contributed by atoms with Gasteiger partial charge >= 0.3 is 0 Å². The smallest absolute Gasteiger partial charge is 0.240 e. The van der Waals surface area contributed by atoms with E-state index in [9.17, 15) is 8.42 Å². The first kappa shape index (κ1) is 16.3. The zero-order valence-electron chi connectivity index (χ0n) is 12.8. The van der Waals surface area contributed by atoms with Crippen LogP contribution in [0.25, 0.3) is 0 Å². The van der Waals surface area contributed by atoms with Gasteiger partial charge in [-0.15, -0.1) is 0 Å². The van der Waals surface area contributed by atoms with Crippen molar-refractivity contribution in [1.29, 1.82) is 0 Å². The molecular weight excluding hydrogens is 286 g/mol. The molecule has 1 aliphatic heterocycles.